The minimum absolute atomic E-state index is 0.267. The Bertz CT molecular complexity index is 684. The van der Waals surface area contributed by atoms with E-state index in [0.717, 1.165) is 5.69 Å². The molecule has 2 aromatic rings. The summed E-state index contributed by atoms with van der Waals surface area (Å²) < 4.78 is 10.9. The number of nitrogens with one attached hydrogen (secondary N) is 1. The molecule has 1 aromatic heterocycles. The van der Waals surface area contributed by atoms with Crippen molar-refractivity contribution in [3.63, 3.8) is 0 Å². The maximum absolute atomic E-state index is 9.18. The number of morpholine rings is 1. The highest BCUT2D eigenvalue weighted by Crippen LogP contribution is 2.21. The Hall–Kier alpha value is -2.85. The van der Waals surface area contributed by atoms with E-state index in [2.05, 4.69) is 21.6 Å². The maximum atomic E-state index is 9.18. The van der Waals surface area contributed by atoms with E-state index < -0.39 is 0 Å². The van der Waals surface area contributed by atoms with Crippen LogP contribution >= 0.6 is 0 Å². The summed E-state index contributed by atoms with van der Waals surface area (Å²) in [6, 6.07) is 11.6. The van der Waals surface area contributed by atoms with Crippen molar-refractivity contribution in [2.45, 2.75) is 0 Å². The van der Waals surface area contributed by atoms with Gasteiger partial charge in [-0.05, 0) is 12.1 Å². The second-order valence-electron chi connectivity index (χ2n) is 4.65. The number of oxazole rings is 1. The zero-order valence-corrected chi connectivity index (χ0v) is 11.9. The fraction of sp³-hybridized carbons (Fsp3) is 0.267. The van der Waals surface area contributed by atoms with Gasteiger partial charge >= 0.3 is 0 Å². The SMILES string of the molecule is N#Cc1nc(/C=N/Nc2ccccc2)oc1N1CCOCC1. The lowest BCUT2D eigenvalue weighted by atomic mass is 10.3. The Morgan fingerprint density at radius 2 is 2.05 bits per heavy atom. The first-order valence-corrected chi connectivity index (χ1v) is 6.94. The number of ether oxygens (including phenoxy) is 1. The van der Waals surface area contributed by atoms with Gasteiger partial charge < -0.3 is 14.1 Å². The topological polar surface area (TPSA) is 86.7 Å². The van der Waals surface area contributed by atoms with Crippen molar-refractivity contribution < 1.29 is 9.15 Å². The van der Waals surface area contributed by atoms with Crippen LogP contribution in [0.4, 0.5) is 11.6 Å². The number of hydrogen-bond acceptors (Lipinski definition) is 7. The molecule has 0 bridgehead atoms. The molecule has 7 nitrogen and oxygen atoms in total. The second kappa shape index (κ2) is 6.74. The highest BCUT2D eigenvalue weighted by Gasteiger charge is 2.20. The van der Waals surface area contributed by atoms with Crippen LogP contribution in [0.3, 0.4) is 0 Å². The van der Waals surface area contributed by atoms with Crippen LogP contribution in [-0.2, 0) is 4.74 Å². The van der Waals surface area contributed by atoms with Crippen molar-refractivity contribution in [1.29, 1.82) is 5.26 Å². The average molecular weight is 297 g/mol. The van der Waals surface area contributed by atoms with Crippen LogP contribution in [0.25, 0.3) is 0 Å². The van der Waals surface area contributed by atoms with Gasteiger partial charge in [-0.15, -0.1) is 0 Å². The zero-order valence-electron chi connectivity index (χ0n) is 11.9. The summed E-state index contributed by atoms with van der Waals surface area (Å²) in [7, 11) is 0. The number of hydrogen-bond donors (Lipinski definition) is 1. The van der Waals surface area contributed by atoms with E-state index in [9.17, 15) is 5.26 Å². The molecule has 0 saturated carbocycles. The van der Waals surface area contributed by atoms with E-state index in [1.54, 1.807) is 0 Å². The minimum atomic E-state index is 0.267. The molecule has 2 heterocycles. The van der Waals surface area contributed by atoms with Crippen LogP contribution in [0, 0.1) is 11.3 Å². The molecule has 1 saturated heterocycles. The summed E-state index contributed by atoms with van der Waals surface area (Å²) in [5.74, 6) is 0.772. The third-order valence-corrected chi connectivity index (χ3v) is 3.17. The fourth-order valence-corrected chi connectivity index (χ4v) is 2.11. The largest absolute Gasteiger partial charge is 0.418 e. The highest BCUT2D eigenvalue weighted by atomic mass is 16.5. The molecule has 112 valence electrons. The van der Waals surface area contributed by atoms with Gasteiger partial charge in [-0.2, -0.15) is 15.3 Å². The quantitative estimate of drug-likeness (QED) is 0.684. The summed E-state index contributed by atoms with van der Waals surface area (Å²) in [5, 5.41) is 13.2. The summed E-state index contributed by atoms with van der Waals surface area (Å²) in [5.41, 5.74) is 4.00. The van der Waals surface area contributed by atoms with E-state index in [0.29, 0.717) is 38.1 Å². The molecule has 22 heavy (non-hydrogen) atoms. The lowest BCUT2D eigenvalue weighted by Crippen LogP contribution is -2.36. The van der Waals surface area contributed by atoms with E-state index in [4.69, 9.17) is 9.15 Å². The standard InChI is InChI=1S/C15H15N5O2/c16-10-13-15(20-6-8-21-9-7-20)22-14(18-13)11-17-19-12-4-2-1-3-5-12/h1-5,11,19H,6-9H2/b17-11+. The molecule has 0 spiro atoms. The molecule has 3 rings (SSSR count). The van der Waals surface area contributed by atoms with Crippen LogP contribution < -0.4 is 10.3 Å². The monoisotopic (exact) mass is 297 g/mol. The lowest BCUT2D eigenvalue weighted by molar-refractivity contribution is 0.120. The van der Waals surface area contributed by atoms with Crippen LogP contribution in [0.5, 0.6) is 0 Å². The third kappa shape index (κ3) is 3.24. The number of aromatic nitrogens is 1. The Labute approximate surface area is 127 Å². The van der Waals surface area contributed by atoms with E-state index in [1.807, 2.05) is 35.2 Å². The summed E-state index contributed by atoms with van der Waals surface area (Å²) >= 11 is 0. The molecule has 1 aliphatic heterocycles. The maximum Gasteiger partial charge on any atom is 0.243 e. The number of nitrogens with zero attached hydrogens (tertiary/aromatic N) is 4. The summed E-state index contributed by atoms with van der Waals surface area (Å²) in [6.45, 7) is 2.60. The molecule has 0 aliphatic carbocycles. The zero-order chi connectivity index (χ0) is 15.2. The van der Waals surface area contributed by atoms with Gasteiger partial charge in [0.1, 0.15) is 12.3 Å². The van der Waals surface area contributed by atoms with Crippen molar-refractivity contribution in [2.75, 3.05) is 36.6 Å². The number of hydrazone groups is 1. The third-order valence-electron chi connectivity index (χ3n) is 3.17. The molecule has 7 heteroatoms. The molecular formula is C15H15N5O2. The van der Waals surface area contributed by atoms with E-state index in [1.165, 1.54) is 6.21 Å². The molecule has 1 aromatic carbocycles. The molecule has 1 aliphatic rings. The number of rotatable bonds is 4. The summed E-state index contributed by atoms with van der Waals surface area (Å²) in [4.78, 5) is 6.09. The van der Waals surface area contributed by atoms with Crippen molar-refractivity contribution in [3.05, 3.63) is 41.9 Å². The number of para-hydroxylation sites is 1. The first kappa shape index (κ1) is 14.1. The van der Waals surface area contributed by atoms with Gasteiger partial charge in [0.25, 0.3) is 0 Å². The van der Waals surface area contributed by atoms with Crippen molar-refractivity contribution in [2.24, 2.45) is 5.10 Å². The Morgan fingerprint density at radius 1 is 1.27 bits per heavy atom. The lowest BCUT2D eigenvalue weighted by Gasteiger charge is -2.25. The normalized spacial score (nSPS) is 15.0. The van der Waals surface area contributed by atoms with Gasteiger partial charge in [0.15, 0.2) is 0 Å². The van der Waals surface area contributed by atoms with Gasteiger partial charge in [-0.25, -0.2) is 0 Å². The highest BCUT2D eigenvalue weighted by molar-refractivity contribution is 5.75. The number of anilines is 2. The fourth-order valence-electron chi connectivity index (χ4n) is 2.11. The first-order chi connectivity index (χ1) is 10.9. The van der Waals surface area contributed by atoms with Crippen LogP contribution in [0.1, 0.15) is 11.6 Å². The van der Waals surface area contributed by atoms with E-state index in [-0.39, 0.29) is 5.69 Å². The first-order valence-electron chi connectivity index (χ1n) is 6.94. The predicted molar refractivity (Wildman–Crippen MR) is 81.9 cm³/mol. The summed E-state index contributed by atoms with van der Waals surface area (Å²) in [6.07, 6.45) is 1.46. The van der Waals surface area contributed by atoms with Crippen molar-refractivity contribution >= 4 is 17.8 Å². The van der Waals surface area contributed by atoms with Crippen molar-refractivity contribution in [3.8, 4) is 6.07 Å². The van der Waals surface area contributed by atoms with Gasteiger partial charge in [0, 0.05) is 13.1 Å². The molecule has 0 atom stereocenters. The molecule has 0 radical (unpaired) electrons. The smallest absolute Gasteiger partial charge is 0.243 e. The predicted octanol–water partition coefficient (Wildman–Crippen LogP) is 1.83. The number of nitriles is 1. The molecule has 0 amide bonds. The second-order valence-corrected chi connectivity index (χ2v) is 4.65. The minimum Gasteiger partial charge on any atom is -0.418 e. The van der Waals surface area contributed by atoms with Crippen LogP contribution in [0.15, 0.2) is 39.9 Å². The van der Waals surface area contributed by atoms with Gasteiger partial charge in [0.2, 0.25) is 17.5 Å². The van der Waals surface area contributed by atoms with Crippen LogP contribution in [-0.4, -0.2) is 37.5 Å². The molecule has 1 fully saturated rings. The Morgan fingerprint density at radius 3 is 2.77 bits per heavy atom. The molecule has 0 unspecified atom stereocenters. The van der Waals surface area contributed by atoms with Crippen LogP contribution in [0.2, 0.25) is 0 Å². The van der Waals surface area contributed by atoms with Gasteiger partial charge in [0.05, 0.1) is 18.9 Å². The van der Waals surface area contributed by atoms with Crippen molar-refractivity contribution in [1.82, 2.24) is 4.98 Å². The molecular weight excluding hydrogens is 282 g/mol. The number of benzene rings is 1. The van der Waals surface area contributed by atoms with E-state index >= 15 is 0 Å². The Kier molecular flexibility index (Phi) is 4.32. The Balaban J connectivity index is 1.72. The van der Waals surface area contributed by atoms with Gasteiger partial charge in [-0.3, -0.25) is 5.43 Å². The average Bonchev–Trinajstić information content (AvgIpc) is 3.00. The molecule has 1 N–H and O–H groups in total. The van der Waals surface area contributed by atoms with Gasteiger partial charge in [-0.1, -0.05) is 18.2 Å².